The molecule has 4 nitrogen and oxygen atoms in total. The fraction of sp³-hybridized carbons (Fsp3) is 0.429. The van der Waals surface area contributed by atoms with Gasteiger partial charge in [0, 0.05) is 12.2 Å². The first kappa shape index (κ1) is 12.6. The van der Waals surface area contributed by atoms with Crippen LogP contribution in [0.1, 0.15) is 47.5 Å². The number of carbonyl (C=O) groups is 1. The third-order valence-electron chi connectivity index (χ3n) is 2.88. The second kappa shape index (κ2) is 4.80. The van der Waals surface area contributed by atoms with Crippen LogP contribution in [0.4, 0.5) is 0 Å². The summed E-state index contributed by atoms with van der Waals surface area (Å²) in [6.07, 6.45) is 2.22. The number of Topliss-reactive ketones (excluding diaryl/α,β-unsaturated/α-hetero) is 1. The maximum Gasteiger partial charge on any atom is 0.172 e. The molecule has 18 heavy (non-hydrogen) atoms. The molecular weight excluding hydrogens is 228 g/mol. The monoisotopic (exact) mass is 246 g/mol. The van der Waals surface area contributed by atoms with Gasteiger partial charge in [-0.15, -0.1) is 0 Å². The molecule has 0 N–H and O–H groups in total. The van der Waals surface area contributed by atoms with E-state index in [0.717, 1.165) is 11.5 Å². The van der Waals surface area contributed by atoms with Crippen LogP contribution in [0, 0.1) is 13.8 Å². The van der Waals surface area contributed by atoms with Crippen LogP contribution in [-0.4, -0.2) is 15.6 Å². The molecule has 2 aromatic rings. The lowest BCUT2D eigenvalue weighted by Crippen LogP contribution is -2.06. The van der Waals surface area contributed by atoms with Crippen molar-refractivity contribution >= 4 is 5.78 Å². The van der Waals surface area contributed by atoms with Crippen LogP contribution in [0.5, 0.6) is 0 Å². The van der Waals surface area contributed by atoms with Crippen LogP contribution in [-0.2, 0) is 6.42 Å². The minimum atomic E-state index is 0.0540. The highest BCUT2D eigenvalue weighted by Gasteiger charge is 2.15. The molecule has 4 heteroatoms. The quantitative estimate of drug-likeness (QED) is 0.779. The lowest BCUT2D eigenvalue weighted by Gasteiger charge is -2.03. The fourth-order valence-corrected chi connectivity index (χ4v) is 1.93. The van der Waals surface area contributed by atoms with Gasteiger partial charge in [0.1, 0.15) is 11.5 Å². The van der Waals surface area contributed by atoms with E-state index in [1.165, 1.54) is 0 Å². The summed E-state index contributed by atoms with van der Waals surface area (Å²) in [5.41, 5.74) is 1.46. The molecule has 0 fully saturated rings. The van der Waals surface area contributed by atoms with Crippen molar-refractivity contribution in [3.05, 3.63) is 41.1 Å². The summed E-state index contributed by atoms with van der Waals surface area (Å²) in [5, 5.41) is 4.38. The van der Waals surface area contributed by atoms with Gasteiger partial charge in [0.25, 0.3) is 0 Å². The first-order valence-corrected chi connectivity index (χ1v) is 6.11. The van der Waals surface area contributed by atoms with E-state index in [1.54, 1.807) is 6.07 Å². The van der Waals surface area contributed by atoms with Gasteiger partial charge in [-0.3, -0.25) is 9.48 Å². The van der Waals surface area contributed by atoms with Crippen molar-refractivity contribution in [2.45, 2.75) is 40.2 Å². The Morgan fingerprint density at radius 3 is 2.67 bits per heavy atom. The fourth-order valence-electron chi connectivity index (χ4n) is 1.93. The van der Waals surface area contributed by atoms with Crippen molar-refractivity contribution in [2.24, 2.45) is 0 Å². The second-order valence-electron chi connectivity index (χ2n) is 4.81. The van der Waals surface area contributed by atoms with E-state index in [0.29, 0.717) is 23.8 Å². The molecular formula is C14H18N2O2. The molecule has 0 aromatic carbocycles. The standard InChI is InChI=1S/C14H18N2O2/c1-9(2)16-6-5-12(15-16)8-14(17)13-7-10(3)18-11(13)4/h5-7,9H,8H2,1-4H3. The molecule has 0 aliphatic rings. The Hall–Kier alpha value is -1.84. The van der Waals surface area contributed by atoms with Crippen LogP contribution in [0.3, 0.4) is 0 Å². The summed E-state index contributed by atoms with van der Waals surface area (Å²) < 4.78 is 7.23. The maximum atomic E-state index is 12.1. The molecule has 0 bridgehead atoms. The first-order valence-electron chi connectivity index (χ1n) is 6.11. The molecule has 0 radical (unpaired) electrons. The molecule has 2 heterocycles. The van der Waals surface area contributed by atoms with E-state index in [1.807, 2.05) is 30.8 Å². The molecule has 0 aliphatic carbocycles. The normalized spacial score (nSPS) is 11.2. The Labute approximate surface area is 107 Å². The van der Waals surface area contributed by atoms with Gasteiger partial charge in [-0.2, -0.15) is 5.10 Å². The lowest BCUT2D eigenvalue weighted by molar-refractivity contribution is 0.0990. The van der Waals surface area contributed by atoms with Crippen LogP contribution in [0.15, 0.2) is 22.7 Å². The average molecular weight is 246 g/mol. The number of carbonyl (C=O) groups excluding carboxylic acids is 1. The molecule has 2 rings (SSSR count). The van der Waals surface area contributed by atoms with Gasteiger partial charge >= 0.3 is 0 Å². The number of rotatable bonds is 4. The summed E-state index contributed by atoms with van der Waals surface area (Å²) >= 11 is 0. The molecule has 0 unspecified atom stereocenters. The van der Waals surface area contributed by atoms with Gasteiger partial charge in [-0.05, 0) is 39.8 Å². The Morgan fingerprint density at radius 2 is 2.17 bits per heavy atom. The molecule has 0 spiro atoms. The van der Waals surface area contributed by atoms with E-state index >= 15 is 0 Å². The predicted octanol–water partition coefficient (Wildman–Crippen LogP) is 3.10. The Kier molecular flexibility index (Phi) is 3.36. The minimum absolute atomic E-state index is 0.0540. The van der Waals surface area contributed by atoms with Gasteiger partial charge in [-0.1, -0.05) is 0 Å². The van der Waals surface area contributed by atoms with Crippen LogP contribution < -0.4 is 0 Å². The van der Waals surface area contributed by atoms with Crippen molar-refractivity contribution in [1.29, 1.82) is 0 Å². The van der Waals surface area contributed by atoms with Crippen LogP contribution in [0.25, 0.3) is 0 Å². The number of nitrogens with zero attached hydrogens (tertiary/aromatic N) is 2. The third kappa shape index (κ3) is 2.53. The zero-order valence-corrected chi connectivity index (χ0v) is 11.2. The number of furan rings is 1. The SMILES string of the molecule is Cc1cc(C(=O)Cc2ccn(C(C)C)n2)c(C)o1. The van der Waals surface area contributed by atoms with Gasteiger partial charge in [0.05, 0.1) is 17.7 Å². The second-order valence-corrected chi connectivity index (χ2v) is 4.81. The molecule has 96 valence electrons. The average Bonchev–Trinajstić information content (AvgIpc) is 2.85. The van der Waals surface area contributed by atoms with Gasteiger partial charge in [0.2, 0.25) is 0 Å². The highest BCUT2D eigenvalue weighted by atomic mass is 16.3. The topological polar surface area (TPSA) is 48.0 Å². The summed E-state index contributed by atoms with van der Waals surface area (Å²) in [6.45, 7) is 7.77. The number of hydrogen-bond donors (Lipinski definition) is 0. The molecule has 2 aromatic heterocycles. The number of aryl methyl sites for hydroxylation is 2. The number of hydrogen-bond acceptors (Lipinski definition) is 3. The number of aromatic nitrogens is 2. The molecule has 0 aliphatic heterocycles. The zero-order chi connectivity index (χ0) is 13.3. The van der Waals surface area contributed by atoms with Gasteiger partial charge in [0.15, 0.2) is 5.78 Å². The molecule has 0 saturated heterocycles. The van der Waals surface area contributed by atoms with E-state index in [9.17, 15) is 4.79 Å². The van der Waals surface area contributed by atoms with Crippen molar-refractivity contribution in [1.82, 2.24) is 9.78 Å². The van der Waals surface area contributed by atoms with E-state index in [-0.39, 0.29) is 5.78 Å². The smallest absolute Gasteiger partial charge is 0.172 e. The van der Waals surface area contributed by atoms with Crippen molar-refractivity contribution < 1.29 is 9.21 Å². The maximum absolute atomic E-state index is 12.1. The number of ketones is 1. The summed E-state index contributed by atoms with van der Waals surface area (Å²) in [5.74, 6) is 1.50. The van der Waals surface area contributed by atoms with Crippen LogP contribution >= 0.6 is 0 Å². The Bertz CT molecular complexity index is 564. The van der Waals surface area contributed by atoms with Crippen molar-refractivity contribution in [3.63, 3.8) is 0 Å². The largest absolute Gasteiger partial charge is 0.466 e. The highest BCUT2D eigenvalue weighted by Crippen LogP contribution is 2.16. The predicted molar refractivity (Wildman–Crippen MR) is 68.8 cm³/mol. The summed E-state index contributed by atoms with van der Waals surface area (Å²) in [4.78, 5) is 12.1. The highest BCUT2D eigenvalue weighted by molar-refractivity contribution is 5.98. The van der Waals surface area contributed by atoms with Crippen LogP contribution in [0.2, 0.25) is 0 Å². The van der Waals surface area contributed by atoms with Crippen molar-refractivity contribution in [2.75, 3.05) is 0 Å². The third-order valence-corrected chi connectivity index (χ3v) is 2.88. The minimum Gasteiger partial charge on any atom is -0.466 e. The summed E-state index contributed by atoms with van der Waals surface area (Å²) in [6, 6.07) is 3.99. The summed E-state index contributed by atoms with van der Waals surface area (Å²) in [7, 11) is 0. The first-order chi connectivity index (χ1) is 8.47. The van der Waals surface area contributed by atoms with Gasteiger partial charge in [-0.25, -0.2) is 0 Å². The van der Waals surface area contributed by atoms with E-state index in [2.05, 4.69) is 18.9 Å². The van der Waals surface area contributed by atoms with Gasteiger partial charge < -0.3 is 4.42 Å². The van der Waals surface area contributed by atoms with Crippen molar-refractivity contribution in [3.8, 4) is 0 Å². The Morgan fingerprint density at radius 1 is 1.44 bits per heavy atom. The molecule has 0 atom stereocenters. The Balaban J connectivity index is 2.13. The molecule has 0 saturated carbocycles. The molecule has 0 amide bonds. The zero-order valence-electron chi connectivity index (χ0n) is 11.2. The van der Waals surface area contributed by atoms with E-state index in [4.69, 9.17) is 4.42 Å². The lowest BCUT2D eigenvalue weighted by atomic mass is 10.1. The van der Waals surface area contributed by atoms with E-state index < -0.39 is 0 Å².